The maximum atomic E-state index is 11.1. The van der Waals surface area contributed by atoms with Gasteiger partial charge in [-0.05, 0) is 66.3 Å². The third-order valence-electron chi connectivity index (χ3n) is 7.96. The topological polar surface area (TPSA) is 152 Å². The zero-order chi connectivity index (χ0) is 31.5. The highest BCUT2D eigenvalue weighted by molar-refractivity contribution is 7.14. The average Bonchev–Trinajstić information content (AvgIpc) is 3.58. The lowest BCUT2D eigenvalue weighted by Crippen LogP contribution is -2.50. The lowest BCUT2D eigenvalue weighted by Gasteiger charge is -2.22. The summed E-state index contributed by atoms with van der Waals surface area (Å²) in [5, 5.41) is 40.6. The summed E-state index contributed by atoms with van der Waals surface area (Å²) in [7, 11) is 1.94. The number of benzene rings is 3. The van der Waals surface area contributed by atoms with E-state index in [4.69, 9.17) is 31.1 Å². The Bertz CT molecular complexity index is 1440. The molecule has 0 unspecified atom stereocenters. The van der Waals surface area contributed by atoms with E-state index in [1.165, 1.54) is 43.2 Å². The van der Waals surface area contributed by atoms with Crippen molar-refractivity contribution in [3.05, 3.63) is 94.9 Å². The molecule has 1 aromatic heterocycles. The molecule has 5 rings (SSSR count). The predicted octanol–water partition coefficient (Wildman–Crippen LogP) is 5.60. The van der Waals surface area contributed by atoms with Crippen LogP contribution in [0.3, 0.4) is 0 Å². The third-order valence-corrected chi connectivity index (χ3v) is 8.88. The van der Waals surface area contributed by atoms with E-state index in [1.54, 1.807) is 35.6 Å². The maximum Gasteiger partial charge on any atom is 0.335 e. The first-order chi connectivity index (χ1) is 21.2. The van der Waals surface area contributed by atoms with Gasteiger partial charge in [0, 0.05) is 35.9 Å². The van der Waals surface area contributed by atoms with Crippen molar-refractivity contribution in [1.29, 1.82) is 0 Å². The van der Waals surface area contributed by atoms with E-state index in [9.17, 15) is 4.79 Å². The summed E-state index contributed by atoms with van der Waals surface area (Å²) in [6.45, 7) is -0.406. The molecule has 0 saturated heterocycles. The summed E-state index contributed by atoms with van der Waals surface area (Å²) >= 11 is 1.56. The van der Waals surface area contributed by atoms with Crippen molar-refractivity contribution in [1.82, 2.24) is 4.98 Å². The zero-order valence-corrected chi connectivity index (χ0v) is 25.8. The van der Waals surface area contributed by atoms with Gasteiger partial charge in [0.1, 0.15) is 0 Å². The molecule has 9 nitrogen and oxygen atoms in total. The fourth-order valence-corrected chi connectivity index (χ4v) is 5.77. The number of rotatable bonds is 11. The Morgan fingerprint density at radius 3 is 2.09 bits per heavy atom. The number of carboxylic acids is 1. The molecule has 1 saturated carbocycles. The van der Waals surface area contributed by atoms with Gasteiger partial charge in [0.05, 0.1) is 36.6 Å². The summed E-state index contributed by atoms with van der Waals surface area (Å²) in [5.41, 5.74) is 11.0. The highest BCUT2D eigenvalue weighted by atomic mass is 32.1. The van der Waals surface area contributed by atoms with Crippen LogP contribution in [0.15, 0.2) is 78.2 Å². The quantitative estimate of drug-likeness (QED) is 0.126. The Kier molecular flexibility index (Phi) is 11.9. The van der Waals surface area contributed by atoms with E-state index < -0.39 is 31.3 Å². The Morgan fingerprint density at radius 1 is 0.932 bits per heavy atom. The summed E-state index contributed by atoms with van der Waals surface area (Å²) in [6.07, 6.45) is 6.79. The smallest absolute Gasteiger partial charge is 0.335 e. The van der Waals surface area contributed by atoms with Gasteiger partial charge in [-0.15, -0.1) is 11.3 Å². The number of anilines is 3. The molecule has 234 valence electrons. The maximum absolute atomic E-state index is 11.1. The van der Waals surface area contributed by atoms with Crippen molar-refractivity contribution in [3.8, 4) is 11.3 Å². The SMILES string of the molecule is CN(c1ccc(C(=O)O)cc1)c1nc(-c2ccc(NCc3ccc(C4CCCCC4)cc3)cc2)cs1.NC(CO)(CO)CO. The van der Waals surface area contributed by atoms with Crippen LogP contribution in [0.2, 0.25) is 0 Å². The predicted molar refractivity (Wildman–Crippen MR) is 177 cm³/mol. The molecule has 1 aliphatic carbocycles. The van der Waals surface area contributed by atoms with Crippen molar-refractivity contribution in [3.63, 3.8) is 0 Å². The standard InChI is InChI=1S/C30H31N3O2S.C4H11NO3/c1-33(27-17-13-25(14-18-27)29(34)35)30-32-28(20-36-30)24-11-15-26(16-12-24)31-19-21-7-9-23(10-8-21)22-5-3-2-4-6-22;5-4(1-6,2-7)3-8/h7-18,20,22,31H,2-6,19H2,1H3,(H,34,35);6-8H,1-3,5H2. The number of aliphatic hydroxyl groups is 3. The Morgan fingerprint density at radius 2 is 1.55 bits per heavy atom. The monoisotopic (exact) mass is 618 g/mol. The Balaban J connectivity index is 0.000000488. The van der Waals surface area contributed by atoms with Crippen molar-refractivity contribution in [2.45, 2.75) is 50.1 Å². The molecule has 44 heavy (non-hydrogen) atoms. The molecule has 1 heterocycles. The molecule has 0 spiro atoms. The highest BCUT2D eigenvalue weighted by Crippen LogP contribution is 2.33. The number of nitrogens with zero attached hydrogens (tertiary/aromatic N) is 2. The first-order valence-electron chi connectivity index (χ1n) is 14.8. The van der Waals surface area contributed by atoms with Gasteiger partial charge in [0.25, 0.3) is 0 Å². The molecule has 3 aromatic carbocycles. The molecule has 10 heteroatoms. The average molecular weight is 619 g/mol. The molecule has 0 amide bonds. The molecule has 1 fully saturated rings. The van der Waals surface area contributed by atoms with Crippen LogP contribution in [0.25, 0.3) is 11.3 Å². The van der Waals surface area contributed by atoms with Gasteiger partial charge in [-0.2, -0.15) is 0 Å². The lowest BCUT2D eigenvalue weighted by molar-refractivity contribution is 0.0692. The van der Waals surface area contributed by atoms with Crippen molar-refractivity contribution in [2.24, 2.45) is 5.73 Å². The number of thiazole rings is 1. The minimum Gasteiger partial charge on any atom is -0.478 e. The number of aromatic carboxylic acids is 1. The molecule has 0 bridgehead atoms. The number of nitrogens with one attached hydrogen (secondary N) is 1. The van der Waals surface area contributed by atoms with Gasteiger partial charge < -0.3 is 36.4 Å². The van der Waals surface area contributed by atoms with E-state index in [0.717, 1.165) is 40.2 Å². The minimum absolute atomic E-state index is 0.275. The van der Waals surface area contributed by atoms with Crippen molar-refractivity contribution in [2.75, 3.05) is 37.1 Å². The molecular weight excluding hydrogens is 576 g/mol. The van der Waals surface area contributed by atoms with E-state index in [2.05, 4.69) is 53.8 Å². The Labute approximate surface area is 262 Å². The van der Waals surface area contributed by atoms with Crippen LogP contribution in [0.5, 0.6) is 0 Å². The number of hydrogen-bond donors (Lipinski definition) is 6. The first-order valence-corrected chi connectivity index (χ1v) is 15.7. The number of nitrogens with two attached hydrogens (primary N) is 1. The highest BCUT2D eigenvalue weighted by Gasteiger charge is 2.21. The van der Waals surface area contributed by atoms with E-state index in [1.807, 2.05) is 17.3 Å². The van der Waals surface area contributed by atoms with E-state index in [0.29, 0.717) is 0 Å². The van der Waals surface area contributed by atoms with Gasteiger partial charge in [0.2, 0.25) is 0 Å². The van der Waals surface area contributed by atoms with Gasteiger partial charge in [-0.25, -0.2) is 9.78 Å². The summed E-state index contributed by atoms with van der Waals surface area (Å²) in [6, 6.07) is 24.3. The molecule has 7 N–H and O–H groups in total. The number of aliphatic hydroxyl groups excluding tert-OH is 3. The van der Waals surface area contributed by atoms with E-state index in [-0.39, 0.29) is 5.56 Å². The fourth-order valence-electron chi connectivity index (χ4n) is 4.95. The molecule has 0 radical (unpaired) electrons. The molecule has 0 aliphatic heterocycles. The van der Waals surface area contributed by atoms with Gasteiger partial charge >= 0.3 is 5.97 Å². The molecule has 4 aromatic rings. The Hall–Kier alpha value is -3.80. The minimum atomic E-state index is -1.21. The molecule has 1 aliphatic rings. The van der Waals surface area contributed by atoms with Crippen molar-refractivity contribution >= 4 is 33.8 Å². The normalized spacial score (nSPS) is 13.6. The van der Waals surface area contributed by atoms with Crippen LogP contribution < -0.4 is 16.0 Å². The number of carbonyl (C=O) groups is 1. The number of hydrogen-bond acceptors (Lipinski definition) is 9. The van der Waals surface area contributed by atoms with Crippen LogP contribution in [0, 0.1) is 0 Å². The van der Waals surface area contributed by atoms with Crippen LogP contribution in [0.1, 0.15) is 59.5 Å². The summed E-state index contributed by atoms with van der Waals surface area (Å²) in [5.74, 6) is -0.178. The van der Waals surface area contributed by atoms with E-state index >= 15 is 0 Å². The van der Waals surface area contributed by atoms with Crippen molar-refractivity contribution < 1.29 is 25.2 Å². The van der Waals surface area contributed by atoms with Crippen LogP contribution in [-0.2, 0) is 6.54 Å². The molecular formula is C34H42N4O5S. The lowest BCUT2D eigenvalue weighted by atomic mass is 9.84. The fraction of sp³-hybridized carbons (Fsp3) is 0.353. The second kappa shape index (κ2) is 15.8. The van der Waals surface area contributed by atoms with Crippen LogP contribution >= 0.6 is 11.3 Å². The first kappa shape index (κ1) is 33.1. The van der Waals surface area contributed by atoms with Crippen LogP contribution in [0.4, 0.5) is 16.5 Å². The second-order valence-corrected chi connectivity index (χ2v) is 12.1. The summed E-state index contributed by atoms with van der Waals surface area (Å²) in [4.78, 5) is 17.8. The van der Waals surface area contributed by atoms with Gasteiger partial charge in [0.15, 0.2) is 5.13 Å². The number of aromatic nitrogens is 1. The number of carboxylic acid groups (broad SMARTS) is 1. The third kappa shape index (κ3) is 8.87. The zero-order valence-electron chi connectivity index (χ0n) is 25.0. The van der Waals surface area contributed by atoms with Crippen LogP contribution in [-0.4, -0.2) is 63.8 Å². The largest absolute Gasteiger partial charge is 0.478 e. The summed E-state index contributed by atoms with van der Waals surface area (Å²) < 4.78 is 0. The second-order valence-electron chi connectivity index (χ2n) is 11.3. The molecule has 0 atom stereocenters. The van der Waals surface area contributed by atoms with Gasteiger partial charge in [-0.3, -0.25) is 0 Å². The van der Waals surface area contributed by atoms with Gasteiger partial charge in [-0.1, -0.05) is 55.7 Å².